The van der Waals surface area contributed by atoms with Gasteiger partial charge in [0.05, 0.1) is 0 Å². The molecule has 0 radical (unpaired) electrons. The smallest absolute Gasteiger partial charge is 0.101 e. The van der Waals surface area contributed by atoms with Crippen LogP contribution in [0.5, 0.6) is 0 Å². The van der Waals surface area contributed by atoms with Gasteiger partial charge in [-0.3, -0.25) is 0 Å². The summed E-state index contributed by atoms with van der Waals surface area (Å²) in [7, 11) is 0. The molecule has 0 saturated heterocycles. The van der Waals surface area contributed by atoms with Crippen LogP contribution < -0.4 is 0 Å². The quantitative estimate of drug-likeness (QED) is 0.648. The summed E-state index contributed by atoms with van der Waals surface area (Å²) in [6, 6.07) is 0. The van der Waals surface area contributed by atoms with Crippen molar-refractivity contribution in [1.29, 1.82) is 0 Å². The zero-order chi connectivity index (χ0) is 9.03. The molecule has 0 heterocycles. The average molecular weight is 174 g/mol. The van der Waals surface area contributed by atoms with E-state index in [4.69, 9.17) is 5.11 Å². The minimum atomic E-state index is -0.692. The topological polar surface area (TPSA) is 20.2 Å². The van der Waals surface area contributed by atoms with Gasteiger partial charge in [0, 0.05) is 6.61 Å². The Morgan fingerprint density at radius 1 is 1.42 bits per heavy atom. The fraction of sp³-hybridized carbons (Fsp3) is 1.00. The zero-order valence-corrected chi connectivity index (χ0v) is 7.85. The lowest BCUT2D eigenvalue weighted by Crippen LogP contribution is -2.27. The van der Waals surface area contributed by atoms with Crippen molar-refractivity contribution in [2.45, 2.75) is 51.6 Å². The van der Waals surface area contributed by atoms with Crippen molar-refractivity contribution >= 4 is 0 Å². The molecule has 0 aromatic heterocycles. The molecule has 1 rings (SSSR count). The van der Waals surface area contributed by atoms with Crippen LogP contribution in [0.1, 0.15) is 45.4 Å². The molecule has 1 aliphatic carbocycles. The van der Waals surface area contributed by atoms with Crippen LogP contribution in [0.15, 0.2) is 0 Å². The SMILES string of the molecule is C[C@@]1(CO)CCCCC[C@H](F)C1. The van der Waals surface area contributed by atoms with Gasteiger partial charge < -0.3 is 5.11 Å². The Kier molecular flexibility index (Phi) is 3.51. The third-order valence-corrected chi connectivity index (χ3v) is 2.89. The number of aliphatic hydroxyl groups excluding tert-OH is 1. The van der Waals surface area contributed by atoms with E-state index in [1.807, 2.05) is 6.92 Å². The van der Waals surface area contributed by atoms with Crippen molar-refractivity contribution in [1.82, 2.24) is 0 Å². The van der Waals surface area contributed by atoms with Crippen molar-refractivity contribution < 1.29 is 9.50 Å². The van der Waals surface area contributed by atoms with E-state index < -0.39 is 6.17 Å². The molecule has 0 aromatic carbocycles. The first-order valence-corrected chi connectivity index (χ1v) is 4.91. The fourth-order valence-corrected chi connectivity index (χ4v) is 1.98. The minimum absolute atomic E-state index is 0.132. The van der Waals surface area contributed by atoms with E-state index in [1.54, 1.807) is 0 Å². The van der Waals surface area contributed by atoms with E-state index in [9.17, 15) is 4.39 Å². The number of aliphatic hydroxyl groups is 1. The van der Waals surface area contributed by atoms with E-state index in [0.29, 0.717) is 12.8 Å². The molecule has 72 valence electrons. The molecule has 1 aliphatic rings. The molecular formula is C10H19FO. The summed E-state index contributed by atoms with van der Waals surface area (Å²) in [4.78, 5) is 0. The summed E-state index contributed by atoms with van der Waals surface area (Å²) in [6.45, 7) is 2.12. The monoisotopic (exact) mass is 174 g/mol. The Morgan fingerprint density at radius 3 is 2.83 bits per heavy atom. The van der Waals surface area contributed by atoms with Gasteiger partial charge in [0.1, 0.15) is 6.17 Å². The van der Waals surface area contributed by atoms with Crippen molar-refractivity contribution in [2.24, 2.45) is 5.41 Å². The molecule has 1 fully saturated rings. The van der Waals surface area contributed by atoms with Crippen LogP contribution in [-0.2, 0) is 0 Å². The molecule has 0 aliphatic heterocycles. The highest BCUT2D eigenvalue weighted by Gasteiger charge is 2.28. The van der Waals surface area contributed by atoms with E-state index in [-0.39, 0.29) is 12.0 Å². The number of hydrogen-bond donors (Lipinski definition) is 1. The molecule has 1 saturated carbocycles. The van der Waals surface area contributed by atoms with Gasteiger partial charge in [0.2, 0.25) is 0 Å². The predicted octanol–water partition coefficient (Wildman–Crippen LogP) is 2.68. The van der Waals surface area contributed by atoms with Crippen LogP contribution in [0.2, 0.25) is 0 Å². The number of rotatable bonds is 1. The van der Waals surface area contributed by atoms with Crippen molar-refractivity contribution in [3.63, 3.8) is 0 Å². The lowest BCUT2D eigenvalue weighted by atomic mass is 9.78. The Balaban J connectivity index is 2.48. The second-order valence-corrected chi connectivity index (χ2v) is 4.37. The maximum atomic E-state index is 13.2. The average Bonchev–Trinajstić information content (AvgIpc) is 2.01. The van der Waals surface area contributed by atoms with Crippen molar-refractivity contribution in [2.75, 3.05) is 6.61 Å². The zero-order valence-electron chi connectivity index (χ0n) is 7.85. The molecule has 12 heavy (non-hydrogen) atoms. The van der Waals surface area contributed by atoms with Gasteiger partial charge in [-0.1, -0.05) is 26.2 Å². The van der Waals surface area contributed by atoms with E-state index in [0.717, 1.165) is 25.7 Å². The molecule has 0 unspecified atom stereocenters. The maximum absolute atomic E-state index is 13.2. The Labute approximate surface area is 74.0 Å². The van der Waals surface area contributed by atoms with Gasteiger partial charge >= 0.3 is 0 Å². The Hall–Kier alpha value is -0.110. The molecule has 2 heteroatoms. The van der Waals surface area contributed by atoms with Gasteiger partial charge in [0.15, 0.2) is 0 Å². The molecule has 1 nitrogen and oxygen atoms in total. The normalized spacial score (nSPS) is 38.8. The number of hydrogen-bond acceptors (Lipinski definition) is 1. The van der Waals surface area contributed by atoms with Crippen LogP contribution >= 0.6 is 0 Å². The molecule has 1 N–H and O–H groups in total. The molecule has 2 atom stereocenters. The number of halogens is 1. The summed E-state index contributed by atoms with van der Waals surface area (Å²) in [6.07, 6.45) is 4.80. The highest BCUT2D eigenvalue weighted by molar-refractivity contribution is 4.79. The van der Waals surface area contributed by atoms with Crippen LogP contribution in [0.4, 0.5) is 4.39 Å². The standard InChI is InChI=1S/C10H19FO/c1-10(8-12)6-4-2-3-5-9(11)7-10/h9,12H,2-8H2,1H3/t9-,10+/m0/s1. The van der Waals surface area contributed by atoms with E-state index in [1.165, 1.54) is 0 Å². The first kappa shape index (κ1) is 9.97. The summed E-state index contributed by atoms with van der Waals surface area (Å²) < 4.78 is 13.2. The largest absolute Gasteiger partial charge is 0.396 e. The predicted molar refractivity (Wildman–Crippen MR) is 47.8 cm³/mol. The Morgan fingerprint density at radius 2 is 2.17 bits per heavy atom. The lowest BCUT2D eigenvalue weighted by molar-refractivity contribution is 0.0772. The summed E-state index contributed by atoms with van der Waals surface area (Å²) >= 11 is 0. The third-order valence-electron chi connectivity index (χ3n) is 2.89. The fourth-order valence-electron chi connectivity index (χ4n) is 1.98. The summed E-state index contributed by atoms with van der Waals surface area (Å²) in [5.74, 6) is 0. The number of alkyl halides is 1. The second-order valence-electron chi connectivity index (χ2n) is 4.37. The minimum Gasteiger partial charge on any atom is -0.396 e. The second kappa shape index (κ2) is 4.22. The molecule has 0 amide bonds. The summed E-state index contributed by atoms with van der Waals surface area (Å²) in [5, 5.41) is 9.12. The molecule has 0 bridgehead atoms. The van der Waals surface area contributed by atoms with Gasteiger partial charge in [-0.05, 0) is 24.7 Å². The van der Waals surface area contributed by atoms with Crippen LogP contribution in [-0.4, -0.2) is 17.9 Å². The molecular weight excluding hydrogens is 155 g/mol. The Bertz CT molecular complexity index is 138. The van der Waals surface area contributed by atoms with Crippen molar-refractivity contribution in [3.8, 4) is 0 Å². The first-order valence-electron chi connectivity index (χ1n) is 4.91. The molecule has 0 aromatic rings. The van der Waals surface area contributed by atoms with E-state index >= 15 is 0 Å². The van der Waals surface area contributed by atoms with Crippen LogP contribution in [0.25, 0.3) is 0 Å². The van der Waals surface area contributed by atoms with Crippen LogP contribution in [0, 0.1) is 5.41 Å². The highest BCUT2D eigenvalue weighted by Crippen LogP contribution is 2.34. The summed E-state index contributed by atoms with van der Waals surface area (Å²) in [5.41, 5.74) is -0.153. The molecule has 0 spiro atoms. The van der Waals surface area contributed by atoms with Gasteiger partial charge in [-0.2, -0.15) is 0 Å². The van der Waals surface area contributed by atoms with Gasteiger partial charge in [0.25, 0.3) is 0 Å². The van der Waals surface area contributed by atoms with Gasteiger partial charge in [-0.15, -0.1) is 0 Å². The maximum Gasteiger partial charge on any atom is 0.101 e. The van der Waals surface area contributed by atoms with Gasteiger partial charge in [-0.25, -0.2) is 4.39 Å². The third kappa shape index (κ3) is 2.74. The lowest BCUT2D eigenvalue weighted by Gasteiger charge is -2.30. The first-order chi connectivity index (χ1) is 5.66. The highest BCUT2D eigenvalue weighted by atomic mass is 19.1. The van der Waals surface area contributed by atoms with Crippen molar-refractivity contribution in [3.05, 3.63) is 0 Å². The van der Waals surface area contributed by atoms with E-state index in [2.05, 4.69) is 0 Å². The van der Waals surface area contributed by atoms with Crippen LogP contribution in [0.3, 0.4) is 0 Å².